The van der Waals surface area contributed by atoms with Crippen LogP contribution in [0.25, 0.3) is 0 Å². The highest BCUT2D eigenvalue weighted by Gasteiger charge is 2.04. The Bertz CT molecular complexity index is 551. The first-order valence-corrected chi connectivity index (χ1v) is 5.51. The van der Waals surface area contributed by atoms with Gasteiger partial charge in [0.1, 0.15) is 4.60 Å². The number of nitrogens with zero attached hydrogens (tertiary/aromatic N) is 2. The molecule has 82 valence electrons. The number of hydrogen-bond acceptors (Lipinski definition) is 3. The highest BCUT2D eigenvalue weighted by molar-refractivity contribution is 9.10. The molecule has 2 rings (SSSR count). The number of rotatable bonds is 2. The number of benzene rings is 1. The summed E-state index contributed by atoms with van der Waals surface area (Å²) in [6, 6.07) is 9.46. The van der Waals surface area contributed by atoms with Crippen molar-refractivity contribution >= 4 is 27.4 Å². The van der Waals surface area contributed by atoms with Crippen LogP contribution in [-0.2, 0) is 7.05 Å². The molecule has 0 spiro atoms. The van der Waals surface area contributed by atoms with Crippen LogP contribution in [0.4, 0.5) is 11.5 Å². The number of halogens is 1. The molecule has 1 aromatic heterocycles. The van der Waals surface area contributed by atoms with Crippen molar-refractivity contribution < 1.29 is 0 Å². The van der Waals surface area contributed by atoms with Crippen molar-refractivity contribution in [2.75, 3.05) is 5.32 Å². The molecule has 0 amide bonds. The zero-order valence-electron chi connectivity index (χ0n) is 8.64. The largest absolute Gasteiger partial charge is 0.336 e. The smallest absolute Gasteiger partial charge is 0.293 e. The van der Waals surface area contributed by atoms with Crippen LogP contribution in [-0.4, -0.2) is 9.55 Å². The van der Waals surface area contributed by atoms with E-state index >= 15 is 0 Å². The molecule has 0 saturated heterocycles. The summed E-state index contributed by atoms with van der Waals surface area (Å²) in [5.74, 6) is 0.308. The highest BCUT2D eigenvalue weighted by Crippen LogP contribution is 2.12. The molecule has 0 aliphatic rings. The van der Waals surface area contributed by atoms with E-state index in [1.807, 2.05) is 30.3 Å². The van der Waals surface area contributed by atoms with Gasteiger partial charge in [0, 0.05) is 18.9 Å². The van der Waals surface area contributed by atoms with Gasteiger partial charge >= 0.3 is 0 Å². The van der Waals surface area contributed by atoms with E-state index in [2.05, 4.69) is 26.2 Å². The number of nitrogens with one attached hydrogen (secondary N) is 1. The van der Waals surface area contributed by atoms with E-state index in [-0.39, 0.29) is 5.56 Å². The fourth-order valence-corrected chi connectivity index (χ4v) is 1.79. The first kappa shape index (κ1) is 10.9. The quantitative estimate of drug-likeness (QED) is 0.918. The van der Waals surface area contributed by atoms with Crippen molar-refractivity contribution in [1.82, 2.24) is 9.55 Å². The number of aryl methyl sites for hydroxylation is 1. The first-order chi connectivity index (χ1) is 7.66. The minimum Gasteiger partial charge on any atom is -0.336 e. The Hall–Kier alpha value is -1.62. The molecule has 2 aromatic rings. The molecule has 16 heavy (non-hydrogen) atoms. The Kier molecular flexibility index (Phi) is 3.05. The van der Waals surface area contributed by atoms with E-state index in [0.29, 0.717) is 10.4 Å². The third-order valence-electron chi connectivity index (χ3n) is 2.08. The number of anilines is 2. The van der Waals surface area contributed by atoms with Crippen molar-refractivity contribution in [3.05, 3.63) is 51.5 Å². The van der Waals surface area contributed by atoms with E-state index in [0.717, 1.165) is 5.69 Å². The Morgan fingerprint density at radius 3 is 2.69 bits per heavy atom. The number of hydrogen-bond donors (Lipinski definition) is 1. The summed E-state index contributed by atoms with van der Waals surface area (Å²) in [7, 11) is 1.69. The van der Waals surface area contributed by atoms with Gasteiger partial charge in [0.2, 0.25) is 0 Å². The second kappa shape index (κ2) is 4.49. The topological polar surface area (TPSA) is 46.9 Å². The molecular formula is C11H10BrN3O. The molecule has 4 nitrogen and oxygen atoms in total. The third kappa shape index (κ3) is 2.30. The molecule has 0 radical (unpaired) electrons. The van der Waals surface area contributed by atoms with Gasteiger partial charge in [-0.15, -0.1) is 0 Å². The van der Waals surface area contributed by atoms with Gasteiger partial charge in [-0.05, 0) is 28.1 Å². The second-order valence-corrected chi connectivity index (χ2v) is 4.13. The minimum absolute atomic E-state index is 0.160. The third-order valence-corrected chi connectivity index (χ3v) is 2.46. The van der Waals surface area contributed by atoms with Crippen molar-refractivity contribution in [2.24, 2.45) is 7.05 Å². The molecule has 0 saturated carbocycles. The molecule has 0 bridgehead atoms. The van der Waals surface area contributed by atoms with Crippen LogP contribution in [0.2, 0.25) is 0 Å². The van der Waals surface area contributed by atoms with Crippen LogP contribution < -0.4 is 10.9 Å². The fourth-order valence-electron chi connectivity index (χ4n) is 1.31. The van der Waals surface area contributed by atoms with Crippen LogP contribution in [0.5, 0.6) is 0 Å². The minimum atomic E-state index is -0.160. The SMILES string of the molecule is Cn1cc(Br)nc(Nc2ccccc2)c1=O. The summed E-state index contributed by atoms with van der Waals surface area (Å²) < 4.78 is 2.09. The molecule has 0 fully saturated rings. The van der Waals surface area contributed by atoms with E-state index in [9.17, 15) is 4.79 Å². The van der Waals surface area contributed by atoms with E-state index in [1.54, 1.807) is 13.2 Å². The second-order valence-electron chi connectivity index (χ2n) is 3.32. The van der Waals surface area contributed by atoms with Crippen LogP contribution in [0.3, 0.4) is 0 Å². The molecule has 0 aliphatic heterocycles. The maximum atomic E-state index is 11.7. The lowest BCUT2D eigenvalue weighted by Gasteiger charge is -2.06. The lowest BCUT2D eigenvalue weighted by Crippen LogP contribution is -2.20. The first-order valence-electron chi connectivity index (χ1n) is 4.72. The summed E-state index contributed by atoms with van der Waals surface area (Å²) in [6.45, 7) is 0. The van der Waals surface area contributed by atoms with Gasteiger partial charge in [-0.25, -0.2) is 4.98 Å². The summed E-state index contributed by atoms with van der Waals surface area (Å²) in [4.78, 5) is 15.8. The van der Waals surface area contributed by atoms with Gasteiger partial charge in [0.05, 0.1) is 0 Å². The van der Waals surface area contributed by atoms with Crippen LogP contribution in [0.1, 0.15) is 0 Å². The average molecular weight is 280 g/mol. The van der Waals surface area contributed by atoms with E-state index in [1.165, 1.54) is 4.57 Å². The molecule has 1 heterocycles. The van der Waals surface area contributed by atoms with Gasteiger partial charge < -0.3 is 9.88 Å². The van der Waals surface area contributed by atoms with Crippen molar-refractivity contribution in [2.45, 2.75) is 0 Å². The maximum Gasteiger partial charge on any atom is 0.293 e. The van der Waals surface area contributed by atoms with Gasteiger partial charge in [0.25, 0.3) is 5.56 Å². The predicted octanol–water partition coefficient (Wildman–Crippen LogP) is 2.29. The van der Waals surface area contributed by atoms with Crippen molar-refractivity contribution in [3.8, 4) is 0 Å². The normalized spacial score (nSPS) is 10.1. The summed E-state index contributed by atoms with van der Waals surface area (Å²) in [5, 5.41) is 2.98. The summed E-state index contributed by atoms with van der Waals surface area (Å²) in [5.41, 5.74) is 0.678. The number of aromatic nitrogens is 2. The van der Waals surface area contributed by atoms with E-state index < -0.39 is 0 Å². The standard InChI is InChI=1S/C11H10BrN3O/c1-15-7-9(12)14-10(11(15)16)13-8-5-3-2-4-6-8/h2-7H,1H3,(H,13,14). The van der Waals surface area contributed by atoms with Crippen LogP contribution >= 0.6 is 15.9 Å². The highest BCUT2D eigenvalue weighted by atomic mass is 79.9. The lowest BCUT2D eigenvalue weighted by molar-refractivity contribution is 0.837. The number of para-hydroxylation sites is 1. The molecule has 0 aliphatic carbocycles. The Labute approximate surface area is 101 Å². The maximum absolute atomic E-state index is 11.7. The van der Waals surface area contributed by atoms with Crippen LogP contribution in [0, 0.1) is 0 Å². The Balaban J connectivity index is 2.39. The van der Waals surface area contributed by atoms with Gasteiger partial charge in [-0.3, -0.25) is 4.79 Å². The Morgan fingerprint density at radius 1 is 1.31 bits per heavy atom. The zero-order chi connectivity index (χ0) is 11.5. The van der Waals surface area contributed by atoms with Gasteiger partial charge in [-0.1, -0.05) is 18.2 Å². The molecule has 1 N–H and O–H groups in total. The molecule has 5 heteroatoms. The molecule has 0 atom stereocenters. The fraction of sp³-hybridized carbons (Fsp3) is 0.0909. The Morgan fingerprint density at radius 2 is 2.00 bits per heavy atom. The molecular weight excluding hydrogens is 270 g/mol. The average Bonchev–Trinajstić information content (AvgIpc) is 2.27. The lowest BCUT2D eigenvalue weighted by atomic mass is 10.3. The van der Waals surface area contributed by atoms with Gasteiger partial charge in [0.15, 0.2) is 5.82 Å². The van der Waals surface area contributed by atoms with Crippen LogP contribution in [0.15, 0.2) is 45.9 Å². The van der Waals surface area contributed by atoms with Crippen molar-refractivity contribution in [1.29, 1.82) is 0 Å². The van der Waals surface area contributed by atoms with E-state index in [4.69, 9.17) is 0 Å². The summed E-state index contributed by atoms with van der Waals surface area (Å²) >= 11 is 3.25. The van der Waals surface area contributed by atoms with Crippen molar-refractivity contribution in [3.63, 3.8) is 0 Å². The monoisotopic (exact) mass is 279 g/mol. The zero-order valence-corrected chi connectivity index (χ0v) is 10.2. The molecule has 0 unspecified atom stereocenters. The van der Waals surface area contributed by atoms with Gasteiger partial charge in [-0.2, -0.15) is 0 Å². The summed E-state index contributed by atoms with van der Waals surface area (Å²) in [6.07, 6.45) is 1.62. The predicted molar refractivity (Wildman–Crippen MR) is 66.9 cm³/mol. The molecule has 1 aromatic carbocycles.